The first-order valence-corrected chi connectivity index (χ1v) is 7.96. The molecule has 1 atom stereocenters. The predicted molar refractivity (Wildman–Crippen MR) is 86.0 cm³/mol. The maximum absolute atomic E-state index is 12.8. The Labute approximate surface area is 140 Å². The van der Waals surface area contributed by atoms with Gasteiger partial charge in [-0.1, -0.05) is 0 Å². The average molecular weight is 331 g/mol. The Bertz CT molecular complexity index is 775. The normalized spacial score (nSPS) is 15.2. The van der Waals surface area contributed by atoms with Gasteiger partial charge in [0.1, 0.15) is 11.5 Å². The van der Waals surface area contributed by atoms with Gasteiger partial charge in [-0.25, -0.2) is 0 Å². The third-order valence-corrected chi connectivity index (χ3v) is 4.33. The van der Waals surface area contributed by atoms with Gasteiger partial charge in [0.05, 0.1) is 29.5 Å². The van der Waals surface area contributed by atoms with Gasteiger partial charge in [-0.05, 0) is 19.4 Å². The van der Waals surface area contributed by atoms with Crippen LogP contribution in [-0.4, -0.2) is 35.2 Å². The molecule has 1 N–H and O–H groups in total. The van der Waals surface area contributed by atoms with Crippen LogP contribution in [0, 0.1) is 6.92 Å². The highest BCUT2D eigenvalue weighted by Gasteiger charge is 2.31. The molecule has 0 aromatic carbocycles. The summed E-state index contributed by atoms with van der Waals surface area (Å²) < 4.78 is 12.6. The average Bonchev–Trinajstić information content (AvgIpc) is 3.10. The number of nitrogens with zero attached hydrogens (tertiary/aromatic N) is 2. The number of aromatic nitrogens is 2. The molecule has 0 radical (unpaired) electrons. The molecule has 24 heavy (non-hydrogen) atoms. The van der Waals surface area contributed by atoms with Crippen LogP contribution in [0.1, 0.15) is 56.8 Å². The number of Topliss-reactive ketones (excluding diaryl/α,β-unsaturated/α-hetero) is 1. The molecule has 2 aromatic rings. The summed E-state index contributed by atoms with van der Waals surface area (Å²) in [6.07, 6.45) is 3.58. The highest BCUT2D eigenvalue weighted by Crippen LogP contribution is 2.30. The quantitative estimate of drug-likeness (QED) is 0.905. The smallest absolute Gasteiger partial charge is 0.256 e. The molecule has 0 saturated carbocycles. The summed E-state index contributed by atoms with van der Waals surface area (Å²) in [5.74, 6) is 0.754. The van der Waals surface area contributed by atoms with Crippen molar-refractivity contribution >= 4 is 11.7 Å². The number of amides is 1. The number of furan rings is 1. The molecule has 0 bridgehead atoms. The number of nitrogens with one attached hydrogen (secondary N) is 1. The van der Waals surface area contributed by atoms with Crippen LogP contribution in [0.25, 0.3) is 0 Å². The lowest BCUT2D eigenvalue weighted by Gasteiger charge is -2.19. The van der Waals surface area contributed by atoms with E-state index in [2.05, 4.69) is 10.4 Å². The number of ketones is 1. The molecule has 7 nitrogen and oxygen atoms in total. The third-order valence-electron chi connectivity index (χ3n) is 4.33. The highest BCUT2D eigenvalue weighted by molar-refractivity contribution is 6.10. The fourth-order valence-electron chi connectivity index (χ4n) is 3.21. The number of carbonyl (C=O) groups is 2. The van der Waals surface area contributed by atoms with Crippen LogP contribution >= 0.6 is 0 Å². The van der Waals surface area contributed by atoms with Gasteiger partial charge in [0, 0.05) is 33.2 Å². The van der Waals surface area contributed by atoms with E-state index in [0.29, 0.717) is 42.1 Å². The fourth-order valence-corrected chi connectivity index (χ4v) is 3.21. The van der Waals surface area contributed by atoms with E-state index in [1.54, 1.807) is 32.0 Å². The highest BCUT2D eigenvalue weighted by atomic mass is 16.5. The van der Waals surface area contributed by atoms with Crippen molar-refractivity contribution in [2.45, 2.75) is 32.2 Å². The lowest BCUT2D eigenvalue weighted by Crippen LogP contribution is -2.33. The van der Waals surface area contributed by atoms with Gasteiger partial charge in [0.25, 0.3) is 5.91 Å². The van der Waals surface area contributed by atoms with Gasteiger partial charge in [0.2, 0.25) is 0 Å². The molecule has 128 valence electrons. The van der Waals surface area contributed by atoms with E-state index in [4.69, 9.17) is 9.15 Å². The van der Waals surface area contributed by atoms with Crippen molar-refractivity contribution < 1.29 is 18.7 Å². The summed E-state index contributed by atoms with van der Waals surface area (Å²) in [4.78, 5) is 25.1. The van der Waals surface area contributed by atoms with Crippen molar-refractivity contribution in [2.24, 2.45) is 7.05 Å². The number of carbonyl (C=O) groups excluding carboxylic acids is 2. The zero-order valence-electron chi connectivity index (χ0n) is 14.1. The Morgan fingerprint density at radius 3 is 2.96 bits per heavy atom. The van der Waals surface area contributed by atoms with Crippen LogP contribution in [0.4, 0.5) is 0 Å². The monoisotopic (exact) mass is 331 g/mol. The molecule has 3 rings (SSSR count). The van der Waals surface area contributed by atoms with Gasteiger partial charge < -0.3 is 14.5 Å². The Balaban J connectivity index is 1.90. The summed E-state index contributed by atoms with van der Waals surface area (Å²) in [6, 6.07) is 1.46. The number of hydrogen-bond donors (Lipinski definition) is 1. The topological polar surface area (TPSA) is 86.4 Å². The van der Waals surface area contributed by atoms with Crippen molar-refractivity contribution in [3.8, 4) is 0 Å². The molecular weight excluding hydrogens is 310 g/mol. The van der Waals surface area contributed by atoms with Crippen LogP contribution in [0.15, 0.2) is 16.7 Å². The Morgan fingerprint density at radius 2 is 2.29 bits per heavy atom. The van der Waals surface area contributed by atoms with Crippen LogP contribution in [-0.2, 0) is 18.2 Å². The Hall–Kier alpha value is -2.41. The Kier molecular flexibility index (Phi) is 4.53. The van der Waals surface area contributed by atoms with Crippen molar-refractivity contribution in [3.05, 3.63) is 40.6 Å². The largest absolute Gasteiger partial charge is 0.465 e. The molecular formula is C17H21N3O4. The fraction of sp³-hybridized carbons (Fsp3) is 0.471. The SMILES string of the molecule is COC[C@@H](NC(=O)c1c(C)oc2c1C(=O)CCC2)c1ccnn1C. The minimum Gasteiger partial charge on any atom is -0.465 e. The lowest BCUT2D eigenvalue weighted by molar-refractivity contribution is 0.0879. The molecule has 2 heterocycles. The number of rotatable bonds is 5. The molecule has 0 spiro atoms. The van der Waals surface area contributed by atoms with E-state index >= 15 is 0 Å². The van der Waals surface area contributed by atoms with E-state index in [9.17, 15) is 9.59 Å². The van der Waals surface area contributed by atoms with E-state index in [1.165, 1.54) is 0 Å². The molecule has 7 heteroatoms. The zero-order valence-corrected chi connectivity index (χ0v) is 14.1. The van der Waals surface area contributed by atoms with Crippen molar-refractivity contribution in [3.63, 3.8) is 0 Å². The second-order valence-electron chi connectivity index (χ2n) is 5.97. The first-order chi connectivity index (χ1) is 11.5. The molecule has 0 aliphatic heterocycles. The first-order valence-electron chi connectivity index (χ1n) is 7.96. The van der Waals surface area contributed by atoms with E-state index in [0.717, 1.165) is 12.1 Å². The number of ether oxygens (including phenoxy) is 1. The summed E-state index contributed by atoms with van der Waals surface area (Å²) in [5.41, 5.74) is 1.61. The molecule has 0 fully saturated rings. The number of fused-ring (bicyclic) bond motifs is 1. The molecule has 1 amide bonds. The van der Waals surface area contributed by atoms with Crippen LogP contribution in [0.5, 0.6) is 0 Å². The van der Waals surface area contributed by atoms with E-state index in [-0.39, 0.29) is 17.7 Å². The van der Waals surface area contributed by atoms with E-state index < -0.39 is 0 Å². The Morgan fingerprint density at radius 1 is 1.50 bits per heavy atom. The number of methoxy groups -OCH3 is 1. The standard InChI is InChI=1S/C17H21N3O4/c1-10-15(16-13(21)5-4-6-14(16)24-10)17(22)19-11(9-23-3)12-7-8-18-20(12)2/h7-8,11H,4-6,9H2,1-3H3,(H,19,22)/t11-/m1/s1. The minimum atomic E-state index is -0.362. The van der Waals surface area contributed by atoms with Crippen LogP contribution in [0.2, 0.25) is 0 Å². The summed E-state index contributed by atoms with van der Waals surface area (Å²) in [6.45, 7) is 2.02. The maximum atomic E-state index is 12.8. The second kappa shape index (κ2) is 6.60. The van der Waals surface area contributed by atoms with Crippen molar-refractivity contribution in [2.75, 3.05) is 13.7 Å². The third kappa shape index (κ3) is 2.87. The summed E-state index contributed by atoms with van der Waals surface area (Å²) in [7, 11) is 3.38. The minimum absolute atomic E-state index is 0.0259. The zero-order chi connectivity index (χ0) is 17.3. The molecule has 0 unspecified atom stereocenters. The number of hydrogen-bond acceptors (Lipinski definition) is 5. The van der Waals surface area contributed by atoms with Crippen molar-refractivity contribution in [1.82, 2.24) is 15.1 Å². The molecule has 2 aromatic heterocycles. The second-order valence-corrected chi connectivity index (χ2v) is 5.97. The number of aryl methyl sites for hydroxylation is 3. The molecule has 0 saturated heterocycles. The van der Waals surface area contributed by atoms with Crippen molar-refractivity contribution in [1.29, 1.82) is 0 Å². The first kappa shape index (κ1) is 16.4. The van der Waals surface area contributed by atoms with Gasteiger partial charge in [-0.15, -0.1) is 0 Å². The maximum Gasteiger partial charge on any atom is 0.256 e. The van der Waals surface area contributed by atoms with Gasteiger partial charge in [0.15, 0.2) is 5.78 Å². The van der Waals surface area contributed by atoms with Crippen LogP contribution in [0.3, 0.4) is 0 Å². The van der Waals surface area contributed by atoms with Gasteiger partial charge >= 0.3 is 0 Å². The van der Waals surface area contributed by atoms with E-state index in [1.807, 2.05) is 6.07 Å². The van der Waals surface area contributed by atoms with Crippen LogP contribution < -0.4 is 5.32 Å². The van der Waals surface area contributed by atoms with Gasteiger partial charge in [-0.2, -0.15) is 5.10 Å². The van der Waals surface area contributed by atoms with Gasteiger partial charge in [-0.3, -0.25) is 14.3 Å². The predicted octanol–water partition coefficient (Wildman–Crippen LogP) is 1.96. The molecule has 1 aliphatic carbocycles. The lowest BCUT2D eigenvalue weighted by atomic mass is 9.93. The summed E-state index contributed by atoms with van der Waals surface area (Å²) in [5, 5.41) is 7.06. The molecule has 1 aliphatic rings. The summed E-state index contributed by atoms with van der Waals surface area (Å²) >= 11 is 0.